The number of hydrogen-bond donors (Lipinski definition) is 0. The summed E-state index contributed by atoms with van der Waals surface area (Å²) in [5.74, 6) is 5.58. The number of carbonyl (C=O) groups is 1. The minimum Gasteiger partial charge on any atom is -0.300 e. The molecule has 0 aromatic heterocycles. The molecule has 0 bridgehead atoms. The minimum atomic E-state index is 0.330. The van der Waals surface area contributed by atoms with E-state index in [0.717, 1.165) is 35.0 Å². The van der Waals surface area contributed by atoms with Gasteiger partial charge in [0.15, 0.2) is 0 Å². The van der Waals surface area contributed by atoms with Crippen LogP contribution in [0.5, 0.6) is 0 Å². The molecule has 9 atom stereocenters. The maximum absolute atomic E-state index is 12.3. The lowest BCUT2D eigenvalue weighted by Gasteiger charge is -2.61. The fourth-order valence-electron chi connectivity index (χ4n) is 9.22. The van der Waals surface area contributed by atoms with E-state index in [0.29, 0.717) is 22.5 Å². The molecule has 1 spiro atoms. The summed E-state index contributed by atoms with van der Waals surface area (Å²) in [6, 6.07) is 0. The summed E-state index contributed by atoms with van der Waals surface area (Å²) in [6.45, 7) is 9.54. The van der Waals surface area contributed by atoms with Gasteiger partial charge in [-0.1, -0.05) is 20.8 Å². The summed E-state index contributed by atoms with van der Waals surface area (Å²) in [6.07, 6.45) is 14.3. The molecular weight excluding hydrogens is 304 g/mol. The fraction of sp³-hybridized carbons (Fsp3) is 0.958. The van der Waals surface area contributed by atoms with E-state index in [1.807, 2.05) is 6.92 Å². The van der Waals surface area contributed by atoms with Crippen LogP contribution in [0, 0.1) is 51.8 Å². The monoisotopic (exact) mass is 342 g/mol. The van der Waals surface area contributed by atoms with Crippen molar-refractivity contribution in [2.45, 2.75) is 91.9 Å². The number of hydrogen-bond acceptors (Lipinski definition) is 1. The van der Waals surface area contributed by atoms with Crippen molar-refractivity contribution in [2.75, 3.05) is 0 Å². The van der Waals surface area contributed by atoms with Gasteiger partial charge >= 0.3 is 0 Å². The zero-order valence-electron chi connectivity index (χ0n) is 16.9. The summed E-state index contributed by atoms with van der Waals surface area (Å²) < 4.78 is 0. The van der Waals surface area contributed by atoms with Gasteiger partial charge in [0.1, 0.15) is 5.78 Å². The Kier molecular flexibility index (Phi) is 3.45. The maximum atomic E-state index is 12.3. The van der Waals surface area contributed by atoms with Gasteiger partial charge < -0.3 is 0 Å². The largest absolute Gasteiger partial charge is 0.300 e. The Bertz CT molecular complexity index is 595. The molecule has 5 saturated carbocycles. The Labute approximate surface area is 154 Å². The molecular formula is C24H38O. The molecule has 3 unspecified atom stereocenters. The first-order chi connectivity index (χ1) is 11.8. The standard InChI is InChI=1S/C24H38O/c1-15-13-24(15)12-11-22(3)17(14-24)5-6-18-20-8-7-19(16(2)25)23(20,4)10-9-21(18)22/h15,17-21H,5-14H2,1-4H3/t15-,17+,18?,19-,20?,21?,22+,23-,24-/m1/s1. The molecule has 5 aliphatic carbocycles. The van der Waals surface area contributed by atoms with E-state index in [2.05, 4.69) is 20.8 Å². The molecule has 25 heavy (non-hydrogen) atoms. The predicted molar refractivity (Wildman–Crippen MR) is 102 cm³/mol. The van der Waals surface area contributed by atoms with Crippen LogP contribution in [0.2, 0.25) is 0 Å². The quantitative estimate of drug-likeness (QED) is 0.549. The Morgan fingerprint density at radius 3 is 2.24 bits per heavy atom. The van der Waals surface area contributed by atoms with Gasteiger partial charge in [0.25, 0.3) is 0 Å². The van der Waals surface area contributed by atoms with E-state index < -0.39 is 0 Å². The summed E-state index contributed by atoms with van der Waals surface area (Å²) in [5.41, 5.74) is 1.72. The van der Waals surface area contributed by atoms with Crippen molar-refractivity contribution in [1.82, 2.24) is 0 Å². The second kappa shape index (κ2) is 5.14. The summed E-state index contributed by atoms with van der Waals surface area (Å²) >= 11 is 0. The number of ketones is 1. The fourth-order valence-corrected chi connectivity index (χ4v) is 9.22. The molecule has 0 heterocycles. The molecule has 0 radical (unpaired) electrons. The van der Waals surface area contributed by atoms with Gasteiger partial charge in [0.2, 0.25) is 0 Å². The molecule has 0 N–H and O–H groups in total. The second-order valence-electron chi connectivity index (χ2n) is 11.6. The lowest BCUT2D eigenvalue weighted by Crippen LogP contribution is -2.54. The van der Waals surface area contributed by atoms with Crippen LogP contribution in [0.4, 0.5) is 0 Å². The average Bonchev–Trinajstić information content (AvgIpc) is 3.01. The molecule has 140 valence electrons. The van der Waals surface area contributed by atoms with Gasteiger partial charge in [-0.05, 0) is 117 Å². The Hall–Kier alpha value is -0.330. The van der Waals surface area contributed by atoms with E-state index >= 15 is 0 Å². The lowest BCUT2D eigenvalue weighted by molar-refractivity contribution is -0.136. The maximum Gasteiger partial charge on any atom is 0.133 e. The zero-order valence-corrected chi connectivity index (χ0v) is 16.9. The minimum absolute atomic E-state index is 0.330. The van der Waals surface area contributed by atoms with E-state index in [-0.39, 0.29) is 0 Å². The lowest BCUT2D eigenvalue weighted by atomic mass is 9.43. The van der Waals surface area contributed by atoms with Crippen molar-refractivity contribution in [3.8, 4) is 0 Å². The summed E-state index contributed by atoms with van der Waals surface area (Å²) in [4.78, 5) is 12.3. The van der Waals surface area contributed by atoms with Crippen LogP contribution in [-0.4, -0.2) is 5.78 Å². The van der Waals surface area contributed by atoms with Crippen LogP contribution in [0.3, 0.4) is 0 Å². The van der Waals surface area contributed by atoms with Gasteiger partial charge in [-0.3, -0.25) is 4.79 Å². The third kappa shape index (κ3) is 2.10. The van der Waals surface area contributed by atoms with Crippen molar-refractivity contribution < 1.29 is 4.79 Å². The molecule has 5 aliphatic rings. The number of Topliss-reactive ketones (excluding diaryl/α,β-unsaturated/α-hetero) is 1. The Morgan fingerprint density at radius 1 is 0.840 bits per heavy atom. The molecule has 0 amide bonds. The van der Waals surface area contributed by atoms with Crippen LogP contribution < -0.4 is 0 Å². The van der Waals surface area contributed by atoms with Crippen LogP contribution >= 0.6 is 0 Å². The second-order valence-corrected chi connectivity index (χ2v) is 11.6. The van der Waals surface area contributed by atoms with E-state index in [1.165, 1.54) is 57.8 Å². The highest BCUT2D eigenvalue weighted by atomic mass is 16.1. The Morgan fingerprint density at radius 2 is 1.56 bits per heavy atom. The topological polar surface area (TPSA) is 17.1 Å². The summed E-state index contributed by atoms with van der Waals surface area (Å²) in [7, 11) is 0. The van der Waals surface area contributed by atoms with E-state index in [1.54, 1.807) is 6.42 Å². The molecule has 0 aromatic rings. The first-order valence-electron chi connectivity index (χ1n) is 11.3. The van der Waals surface area contributed by atoms with Crippen LogP contribution in [-0.2, 0) is 4.79 Å². The zero-order chi connectivity index (χ0) is 17.6. The molecule has 5 rings (SSSR count). The third-order valence-corrected chi connectivity index (χ3v) is 11.0. The smallest absolute Gasteiger partial charge is 0.133 e. The third-order valence-electron chi connectivity index (χ3n) is 11.0. The first kappa shape index (κ1) is 16.8. The van der Waals surface area contributed by atoms with Gasteiger partial charge in [-0.2, -0.15) is 0 Å². The Balaban J connectivity index is 1.41. The highest BCUT2D eigenvalue weighted by Crippen LogP contribution is 2.72. The summed E-state index contributed by atoms with van der Waals surface area (Å²) in [5, 5.41) is 0. The van der Waals surface area contributed by atoms with Crippen molar-refractivity contribution in [3.05, 3.63) is 0 Å². The SMILES string of the molecule is CC(=O)[C@H]1CCC2C3CC[C@H]4C[C@@]5(CC[C@]4(C)C3CC[C@@]21C)C[C@H]5C. The van der Waals surface area contributed by atoms with Gasteiger partial charge in [-0.25, -0.2) is 0 Å². The van der Waals surface area contributed by atoms with E-state index in [9.17, 15) is 4.79 Å². The van der Waals surface area contributed by atoms with Crippen molar-refractivity contribution >= 4 is 5.78 Å². The number of carbonyl (C=O) groups excluding carboxylic acids is 1. The molecule has 5 fully saturated rings. The molecule has 1 nitrogen and oxygen atoms in total. The van der Waals surface area contributed by atoms with Crippen molar-refractivity contribution in [1.29, 1.82) is 0 Å². The van der Waals surface area contributed by atoms with Crippen molar-refractivity contribution in [3.63, 3.8) is 0 Å². The van der Waals surface area contributed by atoms with Crippen molar-refractivity contribution in [2.24, 2.45) is 51.8 Å². The molecule has 0 aliphatic heterocycles. The first-order valence-corrected chi connectivity index (χ1v) is 11.3. The normalized spacial score (nSPS) is 59.8. The van der Waals surface area contributed by atoms with Crippen LogP contribution in [0.15, 0.2) is 0 Å². The molecule has 1 heteroatoms. The van der Waals surface area contributed by atoms with Gasteiger partial charge in [-0.15, -0.1) is 0 Å². The number of rotatable bonds is 1. The highest BCUT2D eigenvalue weighted by Gasteiger charge is 2.64. The predicted octanol–water partition coefficient (Wildman–Crippen LogP) is 6.26. The van der Waals surface area contributed by atoms with E-state index in [4.69, 9.17) is 0 Å². The van der Waals surface area contributed by atoms with Gasteiger partial charge in [0.05, 0.1) is 0 Å². The highest BCUT2D eigenvalue weighted by molar-refractivity contribution is 5.79. The molecule has 0 saturated heterocycles. The van der Waals surface area contributed by atoms with Crippen LogP contribution in [0.25, 0.3) is 0 Å². The molecule has 0 aromatic carbocycles. The van der Waals surface area contributed by atoms with Gasteiger partial charge in [0, 0.05) is 5.92 Å². The van der Waals surface area contributed by atoms with Crippen LogP contribution in [0.1, 0.15) is 91.9 Å². The number of fused-ring (bicyclic) bond motifs is 5. The average molecular weight is 343 g/mol.